The molecule has 2 saturated heterocycles. The summed E-state index contributed by atoms with van der Waals surface area (Å²) in [6.45, 7) is 5.15. The van der Waals surface area contributed by atoms with Crippen LogP contribution in [0.15, 0.2) is 54.9 Å². The fourth-order valence-electron chi connectivity index (χ4n) is 5.83. The van der Waals surface area contributed by atoms with Gasteiger partial charge in [-0.2, -0.15) is 13.2 Å². The lowest BCUT2D eigenvalue weighted by Gasteiger charge is -2.34. The summed E-state index contributed by atoms with van der Waals surface area (Å²) in [4.78, 5) is 41.2. The average Bonchev–Trinajstić information content (AvgIpc) is 3.27. The molecule has 2 aromatic heterocycles. The number of alkyl halides is 4. The number of carbonyl (C=O) groups is 2. The van der Waals surface area contributed by atoms with Crippen molar-refractivity contribution in [1.29, 1.82) is 0 Å². The molecule has 0 saturated carbocycles. The molecular weight excluding hydrogens is 625 g/mol. The van der Waals surface area contributed by atoms with Crippen LogP contribution in [0.3, 0.4) is 0 Å². The maximum absolute atomic E-state index is 14.2. The Balaban J connectivity index is 1.38. The maximum Gasteiger partial charge on any atom is 0.416 e. The Morgan fingerprint density at radius 2 is 1.77 bits per heavy atom. The van der Waals surface area contributed by atoms with E-state index in [1.54, 1.807) is 50.2 Å². The number of anilines is 1. The second-order valence-corrected chi connectivity index (χ2v) is 11.7. The smallest absolute Gasteiger partial charge is 0.416 e. The van der Waals surface area contributed by atoms with Crippen molar-refractivity contribution in [2.45, 2.75) is 51.8 Å². The Labute approximate surface area is 265 Å². The molecule has 0 unspecified atom stereocenters. The van der Waals surface area contributed by atoms with E-state index in [1.807, 2.05) is 6.07 Å². The number of pyridine rings is 1. The number of carboxylic acid groups (broad SMARTS) is 1. The molecule has 0 bridgehead atoms. The molecule has 6 rings (SSSR count). The van der Waals surface area contributed by atoms with Crippen molar-refractivity contribution in [2.75, 3.05) is 18.0 Å². The lowest BCUT2D eigenvalue weighted by Crippen LogP contribution is -2.49. The van der Waals surface area contributed by atoms with Gasteiger partial charge in [0, 0.05) is 34.8 Å². The first-order valence-electron chi connectivity index (χ1n) is 14.6. The minimum atomic E-state index is -4.80. The van der Waals surface area contributed by atoms with Crippen LogP contribution < -0.4 is 4.90 Å². The van der Waals surface area contributed by atoms with Crippen LogP contribution in [0.2, 0.25) is 0 Å². The highest BCUT2D eigenvalue weighted by atomic mass is 19.4. The number of carbonyl (C=O) groups excluding carboxylic acids is 1. The largest absolute Gasteiger partial charge is 0.478 e. The first kappa shape index (κ1) is 31.8. The Morgan fingerprint density at radius 1 is 1.02 bits per heavy atom. The number of hydrogen-bond acceptors (Lipinski definition) is 7. The van der Waals surface area contributed by atoms with Gasteiger partial charge in [0.05, 0.1) is 42.5 Å². The zero-order valence-corrected chi connectivity index (χ0v) is 25.3. The number of carboxylic acids is 1. The second-order valence-electron chi connectivity index (χ2n) is 11.7. The average molecular weight is 654 g/mol. The first-order valence-corrected chi connectivity index (χ1v) is 14.6. The zero-order valence-electron chi connectivity index (χ0n) is 25.3. The van der Waals surface area contributed by atoms with E-state index in [0.717, 1.165) is 17.7 Å². The van der Waals surface area contributed by atoms with E-state index in [-0.39, 0.29) is 36.7 Å². The van der Waals surface area contributed by atoms with Gasteiger partial charge >= 0.3 is 18.2 Å². The van der Waals surface area contributed by atoms with Crippen molar-refractivity contribution in [3.8, 4) is 22.3 Å². The molecule has 1 N–H and O–H groups in total. The molecule has 2 aliphatic heterocycles. The Morgan fingerprint density at radius 3 is 2.43 bits per heavy atom. The molecule has 9 nitrogen and oxygen atoms in total. The van der Waals surface area contributed by atoms with Gasteiger partial charge in [0.25, 0.3) is 0 Å². The quantitative estimate of drug-likeness (QED) is 0.214. The van der Waals surface area contributed by atoms with Crippen LogP contribution in [0.5, 0.6) is 0 Å². The molecule has 2 atom stereocenters. The van der Waals surface area contributed by atoms with E-state index in [1.165, 1.54) is 11.0 Å². The number of ether oxygens (including phenoxy) is 1. The van der Waals surface area contributed by atoms with E-state index in [4.69, 9.17) is 4.74 Å². The van der Waals surface area contributed by atoms with Crippen molar-refractivity contribution < 1.29 is 41.4 Å². The molecule has 0 radical (unpaired) electrons. The normalized spacial score (nSPS) is 18.3. The first-order chi connectivity index (χ1) is 22.2. The molecule has 4 heterocycles. The summed E-state index contributed by atoms with van der Waals surface area (Å²) in [5.41, 5.74) is 2.95. The van der Waals surface area contributed by atoms with E-state index >= 15 is 0 Å². The summed E-state index contributed by atoms with van der Waals surface area (Å²) in [5.74, 6) is -1.94. The SMILES string of the molecule is Cc1cc(C(=O)O)ccc1-c1cnc(C)c(-c2cnc(N3CC(F)C3)nc2CN2C(=O)O[C@H](c3cc(F)cc(C(F)(F)F)c3)[C@@H]2C)c1. The van der Waals surface area contributed by atoms with Crippen molar-refractivity contribution in [3.63, 3.8) is 0 Å². The monoisotopic (exact) mass is 653 g/mol. The van der Waals surface area contributed by atoms with Crippen LogP contribution in [0.1, 0.15) is 51.5 Å². The minimum Gasteiger partial charge on any atom is -0.478 e. The van der Waals surface area contributed by atoms with Crippen LogP contribution in [-0.2, 0) is 17.5 Å². The van der Waals surface area contributed by atoms with Gasteiger partial charge in [0.2, 0.25) is 5.95 Å². The number of amides is 1. The number of benzene rings is 2. The highest BCUT2D eigenvalue weighted by Crippen LogP contribution is 2.39. The Hall–Kier alpha value is -5.14. The van der Waals surface area contributed by atoms with E-state index < -0.39 is 47.9 Å². The number of aryl methyl sites for hydroxylation is 2. The summed E-state index contributed by atoms with van der Waals surface area (Å²) in [7, 11) is 0. The van der Waals surface area contributed by atoms with Gasteiger partial charge in [-0.15, -0.1) is 0 Å². The van der Waals surface area contributed by atoms with Crippen LogP contribution in [0, 0.1) is 19.7 Å². The van der Waals surface area contributed by atoms with Gasteiger partial charge in [0.15, 0.2) is 0 Å². The molecule has 1 amide bonds. The summed E-state index contributed by atoms with van der Waals surface area (Å²) < 4.78 is 73.7. The third-order valence-corrected chi connectivity index (χ3v) is 8.42. The van der Waals surface area contributed by atoms with E-state index in [0.29, 0.717) is 39.7 Å². The molecule has 47 heavy (non-hydrogen) atoms. The molecule has 244 valence electrons. The molecule has 2 aliphatic rings. The molecule has 0 spiro atoms. The standard InChI is InChI=1S/C33H28F5N5O4/c1-16-6-19(30(44)45)4-5-25(16)21-9-26(17(2)39-11-21)27-12-40-31(42-13-24(35)14-42)41-28(27)15-43-18(3)29(47-32(43)46)20-7-22(33(36,37)38)10-23(34)8-20/h4-12,18,24,29H,13-15H2,1-3H3,(H,44,45)/t18-,29-/m0/s1. The zero-order chi connectivity index (χ0) is 33.8. The van der Waals surface area contributed by atoms with Gasteiger partial charge < -0.3 is 14.7 Å². The van der Waals surface area contributed by atoms with E-state index in [9.17, 15) is 36.6 Å². The summed E-state index contributed by atoms with van der Waals surface area (Å²) in [6, 6.07) is 7.80. The fourth-order valence-corrected chi connectivity index (χ4v) is 5.83. The summed E-state index contributed by atoms with van der Waals surface area (Å²) >= 11 is 0. The predicted molar refractivity (Wildman–Crippen MR) is 160 cm³/mol. The number of rotatable bonds is 7. The van der Waals surface area contributed by atoms with Gasteiger partial charge in [-0.05, 0) is 73.9 Å². The van der Waals surface area contributed by atoms with Gasteiger partial charge in [0.1, 0.15) is 18.1 Å². The molecule has 2 fully saturated rings. The number of hydrogen-bond donors (Lipinski definition) is 1. The van der Waals surface area contributed by atoms with E-state index in [2.05, 4.69) is 15.0 Å². The second kappa shape index (κ2) is 11.9. The topological polar surface area (TPSA) is 109 Å². The number of nitrogens with zero attached hydrogens (tertiary/aromatic N) is 5. The molecular formula is C33H28F5N5O4. The molecule has 14 heteroatoms. The highest BCUT2D eigenvalue weighted by molar-refractivity contribution is 5.89. The third kappa shape index (κ3) is 6.19. The molecule has 0 aliphatic carbocycles. The fraction of sp³-hybridized carbons (Fsp3) is 0.303. The van der Waals surface area contributed by atoms with Crippen molar-refractivity contribution >= 4 is 18.0 Å². The molecule has 4 aromatic rings. The Kier molecular flexibility index (Phi) is 8.06. The van der Waals surface area contributed by atoms with Crippen LogP contribution >= 0.6 is 0 Å². The maximum atomic E-state index is 14.2. The van der Waals surface area contributed by atoms with Crippen molar-refractivity contribution in [2.24, 2.45) is 0 Å². The van der Waals surface area contributed by atoms with Gasteiger partial charge in [-0.3, -0.25) is 9.88 Å². The number of aromatic nitrogens is 3. The Bertz CT molecular complexity index is 1900. The lowest BCUT2D eigenvalue weighted by atomic mass is 9.95. The predicted octanol–water partition coefficient (Wildman–Crippen LogP) is 6.92. The number of cyclic esters (lactones) is 1. The third-order valence-electron chi connectivity index (χ3n) is 8.42. The number of halogens is 5. The van der Waals surface area contributed by atoms with Gasteiger partial charge in [-0.1, -0.05) is 6.07 Å². The highest BCUT2D eigenvalue weighted by Gasteiger charge is 2.42. The summed E-state index contributed by atoms with van der Waals surface area (Å²) in [6.07, 6.45) is -4.68. The summed E-state index contributed by atoms with van der Waals surface area (Å²) in [5, 5.41) is 9.37. The van der Waals surface area contributed by atoms with Crippen LogP contribution in [-0.4, -0.2) is 62.3 Å². The van der Waals surface area contributed by atoms with Crippen molar-refractivity contribution in [3.05, 3.63) is 94.3 Å². The molecule has 2 aromatic carbocycles. The van der Waals surface area contributed by atoms with Crippen LogP contribution in [0.25, 0.3) is 22.3 Å². The van der Waals surface area contributed by atoms with Crippen LogP contribution in [0.4, 0.5) is 32.7 Å². The van der Waals surface area contributed by atoms with Crippen molar-refractivity contribution in [1.82, 2.24) is 19.9 Å². The lowest BCUT2D eigenvalue weighted by molar-refractivity contribution is -0.137. The van der Waals surface area contributed by atoms with Gasteiger partial charge in [-0.25, -0.2) is 28.3 Å². The number of aromatic carboxylic acids is 1. The minimum absolute atomic E-state index is 0.0891.